The molecule has 23 nitrogen and oxygen atoms in total. The number of aliphatic hydroxyl groups is 1. The zero-order valence-electron chi connectivity index (χ0n) is 40.5. The Morgan fingerprint density at radius 2 is 1.07 bits per heavy atom. The summed E-state index contributed by atoms with van der Waals surface area (Å²) in [5.74, 6) is -3.17. The van der Waals surface area contributed by atoms with Crippen molar-refractivity contribution in [1.29, 1.82) is 0 Å². The van der Waals surface area contributed by atoms with Crippen molar-refractivity contribution in [3.05, 3.63) is 29.8 Å². The molecule has 0 heterocycles. The number of carbonyl (C=O) groups excluding carboxylic acids is 6. The largest absolute Gasteiger partial charge is 0.392 e. The van der Waals surface area contributed by atoms with Crippen molar-refractivity contribution in [2.45, 2.75) is 65.1 Å². The molecule has 390 valence electrons. The minimum absolute atomic E-state index is 0.0343. The summed E-state index contributed by atoms with van der Waals surface area (Å²) in [6.07, 6.45) is 1.28. The second-order valence-corrected chi connectivity index (χ2v) is 15.4. The van der Waals surface area contributed by atoms with Crippen molar-refractivity contribution in [2.24, 2.45) is 11.7 Å². The van der Waals surface area contributed by atoms with Crippen molar-refractivity contribution in [3.63, 3.8) is 0 Å². The zero-order chi connectivity index (χ0) is 50.0. The predicted octanol–water partition coefficient (Wildman–Crippen LogP) is -0.284. The Kier molecular flexibility index (Phi) is 37.4. The lowest BCUT2D eigenvalue weighted by molar-refractivity contribution is -0.135. The van der Waals surface area contributed by atoms with Crippen LogP contribution in [-0.4, -0.2) is 203 Å². The fourth-order valence-corrected chi connectivity index (χ4v) is 5.62. The first-order valence-electron chi connectivity index (χ1n) is 23.2. The van der Waals surface area contributed by atoms with Crippen LogP contribution in [0.25, 0.3) is 0 Å². The molecule has 2 atom stereocenters. The fourth-order valence-electron chi connectivity index (χ4n) is 5.62. The van der Waals surface area contributed by atoms with Gasteiger partial charge >= 0.3 is 6.03 Å². The summed E-state index contributed by atoms with van der Waals surface area (Å²) in [7, 11) is 1.40. The molecule has 68 heavy (non-hydrogen) atoms. The lowest BCUT2D eigenvalue weighted by atomic mass is 10.0. The van der Waals surface area contributed by atoms with E-state index in [-0.39, 0.29) is 64.7 Å². The van der Waals surface area contributed by atoms with Gasteiger partial charge < -0.3 is 85.0 Å². The van der Waals surface area contributed by atoms with Gasteiger partial charge in [-0.1, -0.05) is 32.9 Å². The molecule has 0 saturated heterocycles. The van der Waals surface area contributed by atoms with Gasteiger partial charge in [0.15, 0.2) is 0 Å². The van der Waals surface area contributed by atoms with Gasteiger partial charge in [0.2, 0.25) is 29.5 Å². The second-order valence-electron chi connectivity index (χ2n) is 15.4. The number of nitrogens with two attached hydrogens (primary N) is 1. The molecule has 0 aliphatic heterocycles. The van der Waals surface area contributed by atoms with Crippen molar-refractivity contribution < 1.29 is 76.5 Å². The van der Waals surface area contributed by atoms with Crippen LogP contribution in [0.4, 0.5) is 10.5 Å². The number of ether oxygens (including phenoxy) is 9. The van der Waals surface area contributed by atoms with E-state index in [1.165, 1.54) is 7.05 Å². The molecule has 7 amide bonds. The molecule has 0 aromatic heterocycles. The highest BCUT2D eigenvalue weighted by Crippen LogP contribution is 2.10. The van der Waals surface area contributed by atoms with E-state index in [2.05, 4.69) is 33.5 Å². The molecule has 0 aliphatic rings. The van der Waals surface area contributed by atoms with E-state index in [1.807, 2.05) is 0 Å². The molecule has 23 heteroatoms. The molecule has 0 bridgehead atoms. The molecule has 8 N–H and O–H groups in total. The van der Waals surface area contributed by atoms with E-state index in [0.717, 1.165) is 17.9 Å². The van der Waals surface area contributed by atoms with Gasteiger partial charge in [0.05, 0.1) is 132 Å². The van der Waals surface area contributed by atoms with Crippen LogP contribution in [0.3, 0.4) is 0 Å². The minimum Gasteiger partial charge on any atom is -0.392 e. The summed E-state index contributed by atoms with van der Waals surface area (Å²) in [5.41, 5.74) is 6.29. The quantitative estimate of drug-likeness (QED) is 0.0414. The van der Waals surface area contributed by atoms with Crippen LogP contribution in [0.5, 0.6) is 0 Å². The summed E-state index contributed by atoms with van der Waals surface area (Å²) in [4.78, 5) is 77.0. The lowest BCUT2D eigenvalue weighted by Gasteiger charge is -2.25. The van der Waals surface area contributed by atoms with Crippen LogP contribution < -0.4 is 32.3 Å². The summed E-state index contributed by atoms with van der Waals surface area (Å²) >= 11 is 0. The van der Waals surface area contributed by atoms with Crippen molar-refractivity contribution in [1.82, 2.24) is 26.2 Å². The molecule has 0 radical (unpaired) electrons. The summed E-state index contributed by atoms with van der Waals surface area (Å²) in [5, 5.41) is 22.1. The smallest absolute Gasteiger partial charge is 0.312 e. The van der Waals surface area contributed by atoms with Gasteiger partial charge in [0, 0.05) is 32.3 Å². The van der Waals surface area contributed by atoms with Crippen LogP contribution >= 0.6 is 0 Å². The Bertz CT molecular complexity index is 1510. The van der Waals surface area contributed by atoms with Gasteiger partial charge in [-0.25, -0.2) is 4.79 Å². The maximum atomic E-state index is 13.4. The third-order valence-corrected chi connectivity index (χ3v) is 9.31. The summed E-state index contributed by atoms with van der Waals surface area (Å²) in [6.45, 7) is 12.6. The molecule has 0 unspecified atom stereocenters. The standard InChI is InChI=1S/C45H79N7O16/c1-5-14-60-16-18-62-20-22-64-24-26-66-28-30-68-31-29-67-27-25-65-23-21-63-19-17-61-15-12-39(54)51-42(35(2)3)44(58)50-38(7-6-13-47-45(46)59)43(57)48-32-41(56)52(4)33-40(55)49-37-10-8-36(34-53)9-11-37/h8-11,35,38,42,53H,5-7,12-34H2,1-4H3,(H,48,57)(H,49,55)(H,50,58)(H,51,54)(H3,46,47,59)/t38-,42-/m0/s1. The van der Waals surface area contributed by atoms with Crippen LogP contribution in [0.15, 0.2) is 24.3 Å². The van der Waals surface area contributed by atoms with Gasteiger partial charge in [-0.3, -0.25) is 24.0 Å². The molecule has 1 aromatic carbocycles. The average molecular weight is 974 g/mol. The van der Waals surface area contributed by atoms with Crippen LogP contribution in [0, 0.1) is 5.92 Å². The summed E-state index contributed by atoms with van der Waals surface area (Å²) < 4.78 is 49.1. The number of likely N-dealkylation sites (N-methyl/N-ethyl adjacent to an activating group) is 1. The number of amides is 7. The summed E-state index contributed by atoms with van der Waals surface area (Å²) in [6, 6.07) is 3.63. The number of nitrogens with zero attached hydrogens (tertiary/aromatic N) is 1. The highest BCUT2D eigenvalue weighted by Gasteiger charge is 2.29. The molecule has 0 spiro atoms. The number of rotatable bonds is 44. The Hall–Kier alpha value is -4.56. The van der Waals surface area contributed by atoms with Crippen LogP contribution in [-0.2, 0) is 73.2 Å². The maximum absolute atomic E-state index is 13.4. The number of aliphatic hydroxyl groups excluding tert-OH is 1. The second kappa shape index (κ2) is 41.4. The van der Waals surface area contributed by atoms with Gasteiger partial charge in [0.1, 0.15) is 12.1 Å². The van der Waals surface area contributed by atoms with Crippen LogP contribution in [0.2, 0.25) is 0 Å². The van der Waals surface area contributed by atoms with Gasteiger partial charge in [-0.05, 0) is 42.9 Å². The minimum atomic E-state index is -1.14. The van der Waals surface area contributed by atoms with Gasteiger partial charge in [-0.2, -0.15) is 0 Å². The van der Waals surface area contributed by atoms with Gasteiger partial charge in [-0.15, -0.1) is 0 Å². The molecule has 1 aromatic rings. The molecule has 0 fully saturated rings. The van der Waals surface area contributed by atoms with Crippen molar-refractivity contribution in [3.8, 4) is 0 Å². The third kappa shape index (κ3) is 33.8. The van der Waals surface area contributed by atoms with Crippen molar-refractivity contribution >= 4 is 41.3 Å². The number of benzene rings is 1. The first-order valence-corrected chi connectivity index (χ1v) is 23.2. The molecular weight excluding hydrogens is 895 g/mol. The highest BCUT2D eigenvalue weighted by atomic mass is 16.6. The normalized spacial score (nSPS) is 12.0. The third-order valence-electron chi connectivity index (χ3n) is 9.31. The van der Waals surface area contributed by atoms with E-state index in [4.69, 9.17) is 48.4 Å². The number of anilines is 1. The highest BCUT2D eigenvalue weighted by molar-refractivity contribution is 5.96. The van der Waals surface area contributed by atoms with E-state index in [1.54, 1.807) is 38.1 Å². The molecule has 0 saturated carbocycles. The Morgan fingerprint density at radius 3 is 1.50 bits per heavy atom. The Labute approximate surface area is 400 Å². The van der Waals surface area contributed by atoms with Crippen molar-refractivity contribution in [2.75, 3.05) is 151 Å². The monoisotopic (exact) mass is 974 g/mol. The van der Waals surface area contributed by atoms with E-state index in [9.17, 15) is 33.9 Å². The van der Waals surface area contributed by atoms with E-state index in [0.29, 0.717) is 104 Å². The Balaban J connectivity index is 2.23. The van der Waals surface area contributed by atoms with Gasteiger partial charge in [0.25, 0.3) is 0 Å². The predicted molar refractivity (Wildman–Crippen MR) is 249 cm³/mol. The van der Waals surface area contributed by atoms with Crippen LogP contribution in [0.1, 0.15) is 52.0 Å². The number of urea groups is 1. The number of hydrogen-bond donors (Lipinski definition) is 7. The first kappa shape index (κ1) is 61.5. The Morgan fingerprint density at radius 1 is 0.618 bits per heavy atom. The molecule has 1 rings (SSSR count). The molecular formula is C45H79N7O16. The van der Waals surface area contributed by atoms with E-state index >= 15 is 0 Å². The first-order chi connectivity index (χ1) is 32.9. The average Bonchev–Trinajstić information content (AvgIpc) is 3.31. The zero-order valence-corrected chi connectivity index (χ0v) is 40.5. The lowest BCUT2D eigenvalue weighted by Crippen LogP contribution is -2.56. The van der Waals surface area contributed by atoms with E-state index < -0.39 is 54.2 Å². The topological polar surface area (TPSA) is 295 Å². The number of nitrogens with one attached hydrogen (secondary N) is 5. The number of primary amides is 1. The molecule has 0 aliphatic carbocycles. The number of hydrogen-bond acceptors (Lipinski definition) is 16. The SMILES string of the molecule is CCCOCCOCCOCCOCCOCCOCCOCCOCCOCCC(=O)N[C@H](C(=O)N[C@@H](CCCNC(N)=O)C(=O)NCC(=O)N(C)CC(=O)Nc1ccc(CO)cc1)C(C)C. The number of carbonyl (C=O) groups is 6. The maximum Gasteiger partial charge on any atom is 0.312 e. The fraction of sp³-hybridized carbons (Fsp3) is 0.733.